The molecule has 0 aliphatic carbocycles. The second-order valence-electron chi connectivity index (χ2n) is 4.59. The third-order valence-corrected chi connectivity index (χ3v) is 3.16. The van der Waals surface area contributed by atoms with Gasteiger partial charge in [0.1, 0.15) is 11.6 Å². The van der Waals surface area contributed by atoms with Crippen molar-refractivity contribution < 1.29 is 9.53 Å². The summed E-state index contributed by atoms with van der Waals surface area (Å²) in [5, 5.41) is 5.45. The van der Waals surface area contributed by atoms with Crippen LogP contribution in [0.4, 0.5) is 21.9 Å². The number of hydrogen-bond acceptors (Lipinski definition) is 3. The zero-order valence-electron chi connectivity index (χ0n) is 12.5. The van der Waals surface area contributed by atoms with Gasteiger partial charge < -0.3 is 21.1 Å². The van der Waals surface area contributed by atoms with Gasteiger partial charge in [-0.15, -0.1) is 11.6 Å². The molecule has 0 aromatic heterocycles. The van der Waals surface area contributed by atoms with Gasteiger partial charge in [-0.1, -0.05) is 0 Å². The lowest BCUT2D eigenvalue weighted by molar-refractivity contribution is 0.262. The van der Waals surface area contributed by atoms with E-state index in [1.165, 1.54) is 0 Å². The van der Waals surface area contributed by atoms with Crippen molar-refractivity contribution in [1.29, 1.82) is 0 Å². The van der Waals surface area contributed by atoms with Crippen LogP contribution in [0.3, 0.4) is 0 Å². The maximum absolute atomic E-state index is 11.9. The summed E-state index contributed by atoms with van der Waals surface area (Å²) < 4.78 is 5.06. The fraction of sp³-hybridized carbons (Fsp3) is 0.125. The third kappa shape index (κ3) is 5.19. The Morgan fingerprint density at radius 3 is 2.09 bits per heavy atom. The average molecular weight is 333 g/mol. The molecule has 120 valence electrons. The number of amidine groups is 1. The maximum atomic E-state index is 11.9. The van der Waals surface area contributed by atoms with Crippen molar-refractivity contribution in [1.82, 2.24) is 0 Å². The molecule has 2 aromatic rings. The number of methoxy groups -OCH3 is 1. The smallest absolute Gasteiger partial charge is 0.323 e. The lowest BCUT2D eigenvalue weighted by Crippen LogP contribution is -2.19. The van der Waals surface area contributed by atoms with Gasteiger partial charge in [0.25, 0.3) is 0 Å². The average Bonchev–Trinajstić information content (AvgIpc) is 2.57. The summed E-state index contributed by atoms with van der Waals surface area (Å²) in [5.41, 5.74) is 7.53. The van der Waals surface area contributed by atoms with Crippen LogP contribution < -0.4 is 21.1 Å². The van der Waals surface area contributed by atoms with Crippen molar-refractivity contribution in [2.24, 2.45) is 10.7 Å². The second kappa shape index (κ2) is 8.05. The third-order valence-electron chi connectivity index (χ3n) is 2.88. The Labute approximate surface area is 139 Å². The lowest BCUT2D eigenvalue weighted by Gasteiger charge is -2.08. The van der Waals surface area contributed by atoms with Gasteiger partial charge in [0.2, 0.25) is 0 Å². The van der Waals surface area contributed by atoms with Crippen molar-refractivity contribution >= 4 is 40.5 Å². The molecule has 7 heteroatoms. The first-order valence-corrected chi connectivity index (χ1v) is 7.35. The van der Waals surface area contributed by atoms with E-state index in [1.807, 2.05) is 0 Å². The molecule has 0 bridgehead atoms. The number of anilines is 2. The predicted molar refractivity (Wildman–Crippen MR) is 94.1 cm³/mol. The molecule has 0 heterocycles. The monoisotopic (exact) mass is 332 g/mol. The zero-order valence-corrected chi connectivity index (χ0v) is 13.3. The summed E-state index contributed by atoms with van der Waals surface area (Å²) in [7, 11) is 1.59. The molecule has 0 aliphatic rings. The number of alkyl halides is 1. The Balaban J connectivity index is 1.94. The predicted octanol–water partition coefficient (Wildman–Crippen LogP) is 3.57. The van der Waals surface area contributed by atoms with Gasteiger partial charge in [0, 0.05) is 11.4 Å². The van der Waals surface area contributed by atoms with Crippen LogP contribution in [0.15, 0.2) is 53.5 Å². The molecule has 0 aliphatic heterocycles. The summed E-state index contributed by atoms with van der Waals surface area (Å²) in [4.78, 5) is 16.0. The molecule has 0 saturated heterocycles. The normalized spacial score (nSPS) is 11.0. The van der Waals surface area contributed by atoms with E-state index in [4.69, 9.17) is 22.1 Å². The molecule has 0 saturated carbocycles. The minimum absolute atomic E-state index is 0.171. The van der Waals surface area contributed by atoms with Crippen LogP contribution in [0.5, 0.6) is 5.75 Å². The van der Waals surface area contributed by atoms with E-state index in [1.54, 1.807) is 55.6 Å². The van der Waals surface area contributed by atoms with Crippen LogP contribution in [0, 0.1) is 0 Å². The van der Waals surface area contributed by atoms with E-state index in [0.717, 1.165) is 5.75 Å². The fourth-order valence-corrected chi connectivity index (χ4v) is 1.84. The molecule has 2 amide bonds. The van der Waals surface area contributed by atoms with Gasteiger partial charge in [-0.05, 0) is 48.5 Å². The largest absolute Gasteiger partial charge is 0.497 e. The Kier molecular flexibility index (Phi) is 5.82. The van der Waals surface area contributed by atoms with E-state index >= 15 is 0 Å². The van der Waals surface area contributed by atoms with E-state index in [9.17, 15) is 4.79 Å². The summed E-state index contributed by atoms with van der Waals surface area (Å²) in [6.07, 6.45) is 0. The molecule has 2 aromatic carbocycles. The standard InChI is InChI=1S/C16H17ClN4O2/c1-23-14-8-6-13(7-9-14)21-16(22)20-12-4-2-11(3-5-12)19-15(18)10-17/h2-9H,10H2,1H3,(H2,18,19)(H2,20,21,22). The first-order chi connectivity index (χ1) is 11.1. The number of hydrogen-bond donors (Lipinski definition) is 3. The minimum Gasteiger partial charge on any atom is -0.497 e. The highest BCUT2D eigenvalue weighted by Gasteiger charge is 2.03. The van der Waals surface area contributed by atoms with Gasteiger partial charge in [-0.3, -0.25) is 0 Å². The Morgan fingerprint density at radius 2 is 1.61 bits per heavy atom. The maximum Gasteiger partial charge on any atom is 0.323 e. The molecule has 0 atom stereocenters. The Bertz CT molecular complexity index is 684. The Hall–Kier alpha value is -2.73. The topological polar surface area (TPSA) is 88.7 Å². The van der Waals surface area contributed by atoms with E-state index < -0.39 is 0 Å². The molecule has 0 unspecified atom stereocenters. The van der Waals surface area contributed by atoms with Crippen LogP contribution in [0.25, 0.3) is 0 Å². The van der Waals surface area contributed by atoms with Gasteiger partial charge in [0.05, 0.1) is 18.7 Å². The van der Waals surface area contributed by atoms with E-state index in [2.05, 4.69) is 15.6 Å². The molecule has 0 fully saturated rings. The number of carbonyl (C=O) groups excluding carboxylic acids is 1. The fourth-order valence-electron chi connectivity index (χ4n) is 1.78. The van der Waals surface area contributed by atoms with Crippen molar-refractivity contribution in [3.05, 3.63) is 48.5 Å². The van der Waals surface area contributed by atoms with Crippen molar-refractivity contribution in [3.8, 4) is 5.75 Å². The molecule has 23 heavy (non-hydrogen) atoms. The molecule has 2 rings (SSSR count). The number of nitrogens with two attached hydrogens (primary N) is 1. The Morgan fingerprint density at radius 1 is 1.09 bits per heavy atom. The molecule has 0 radical (unpaired) electrons. The lowest BCUT2D eigenvalue weighted by atomic mass is 10.3. The van der Waals surface area contributed by atoms with Crippen molar-refractivity contribution in [3.63, 3.8) is 0 Å². The summed E-state index contributed by atoms with van der Waals surface area (Å²) in [5.74, 6) is 1.23. The van der Waals surface area contributed by atoms with Gasteiger partial charge in [0.15, 0.2) is 0 Å². The van der Waals surface area contributed by atoms with Crippen LogP contribution in [-0.4, -0.2) is 24.9 Å². The van der Waals surface area contributed by atoms with Gasteiger partial charge in [-0.2, -0.15) is 0 Å². The molecule has 0 spiro atoms. The van der Waals surface area contributed by atoms with Crippen LogP contribution in [-0.2, 0) is 0 Å². The van der Waals surface area contributed by atoms with E-state index in [0.29, 0.717) is 22.9 Å². The summed E-state index contributed by atoms with van der Waals surface area (Å²) in [6.45, 7) is 0. The summed E-state index contributed by atoms with van der Waals surface area (Å²) in [6, 6.07) is 13.6. The van der Waals surface area contributed by atoms with Crippen LogP contribution in [0.1, 0.15) is 0 Å². The number of nitrogens with zero attached hydrogens (tertiary/aromatic N) is 1. The highest BCUT2D eigenvalue weighted by atomic mass is 35.5. The van der Waals surface area contributed by atoms with Crippen LogP contribution in [0.2, 0.25) is 0 Å². The van der Waals surface area contributed by atoms with Crippen LogP contribution >= 0.6 is 11.6 Å². The zero-order chi connectivity index (χ0) is 16.7. The number of aliphatic imine (C=N–C) groups is 1. The van der Waals surface area contributed by atoms with Gasteiger partial charge in [-0.25, -0.2) is 9.79 Å². The SMILES string of the molecule is COc1ccc(NC(=O)Nc2ccc(N=C(N)CCl)cc2)cc1. The number of rotatable bonds is 5. The first-order valence-electron chi connectivity index (χ1n) is 6.82. The number of benzene rings is 2. The first kappa shape index (κ1) is 16.6. The highest BCUT2D eigenvalue weighted by molar-refractivity contribution is 6.28. The number of nitrogens with one attached hydrogen (secondary N) is 2. The molecule has 4 N–H and O–H groups in total. The van der Waals surface area contributed by atoms with Gasteiger partial charge >= 0.3 is 6.03 Å². The number of urea groups is 1. The quantitative estimate of drug-likeness (QED) is 0.444. The molecular formula is C16H17ClN4O2. The molecule has 6 nitrogen and oxygen atoms in total. The van der Waals surface area contributed by atoms with Crippen molar-refractivity contribution in [2.45, 2.75) is 0 Å². The van der Waals surface area contributed by atoms with E-state index in [-0.39, 0.29) is 11.9 Å². The second-order valence-corrected chi connectivity index (χ2v) is 4.86. The van der Waals surface area contributed by atoms with Crippen molar-refractivity contribution in [2.75, 3.05) is 23.6 Å². The molecular weight excluding hydrogens is 316 g/mol. The number of carbonyl (C=O) groups is 1. The summed E-state index contributed by atoms with van der Waals surface area (Å²) >= 11 is 5.57. The number of ether oxygens (including phenoxy) is 1. The highest BCUT2D eigenvalue weighted by Crippen LogP contribution is 2.18. The number of amides is 2. The minimum atomic E-state index is -0.341. The number of halogens is 1.